The lowest BCUT2D eigenvalue weighted by molar-refractivity contribution is -0.144. The van der Waals surface area contributed by atoms with E-state index in [1.54, 1.807) is 0 Å². The summed E-state index contributed by atoms with van der Waals surface area (Å²) >= 11 is 0. The van der Waals surface area contributed by atoms with E-state index in [4.69, 9.17) is 14.2 Å². The van der Waals surface area contributed by atoms with Gasteiger partial charge in [-0.15, -0.1) is 0 Å². The van der Waals surface area contributed by atoms with Crippen molar-refractivity contribution in [3.8, 4) is 5.75 Å². The number of rotatable bonds is 13. The second-order valence-electron chi connectivity index (χ2n) is 16.9. The molecule has 5 rings (SSSR count). The summed E-state index contributed by atoms with van der Waals surface area (Å²) in [5.74, 6) is -3.09. The van der Waals surface area contributed by atoms with Gasteiger partial charge in [-0.25, -0.2) is 0 Å². The first-order valence-corrected chi connectivity index (χ1v) is 21.3. The number of carbonyl (C=O) groups excluding carboxylic acids is 6. The molecule has 3 aliphatic rings. The van der Waals surface area contributed by atoms with Crippen molar-refractivity contribution >= 4 is 35.3 Å². The molecule has 2 aromatic carbocycles. The molecule has 5 amide bonds. The Morgan fingerprint density at radius 3 is 2.41 bits per heavy atom. The Labute approximate surface area is 348 Å². The molecule has 4 N–H and O–H groups in total. The van der Waals surface area contributed by atoms with Crippen LogP contribution in [0.2, 0.25) is 0 Å². The lowest BCUT2D eigenvalue weighted by Crippen LogP contribution is -2.58. The summed E-state index contributed by atoms with van der Waals surface area (Å²) in [5, 5.41) is 11.1. The quantitative estimate of drug-likeness (QED) is 0.217. The predicted octanol–water partition coefficient (Wildman–Crippen LogP) is 4.10. The molecule has 59 heavy (non-hydrogen) atoms. The van der Waals surface area contributed by atoms with Crippen LogP contribution in [0.1, 0.15) is 109 Å². The highest BCUT2D eigenvalue weighted by molar-refractivity contribution is 6.38. The molecule has 1 aliphatic carbocycles. The zero-order valence-corrected chi connectivity index (χ0v) is 35.1. The number of benzene rings is 2. The molecule has 14 nitrogen and oxygen atoms in total. The topological polar surface area (TPSA) is 181 Å². The summed E-state index contributed by atoms with van der Waals surface area (Å²) in [6, 6.07) is 13.2. The monoisotopic (exact) mass is 817 g/mol. The van der Waals surface area contributed by atoms with Gasteiger partial charge in [0.25, 0.3) is 5.91 Å². The van der Waals surface area contributed by atoms with Crippen molar-refractivity contribution < 1.29 is 43.0 Å². The van der Waals surface area contributed by atoms with Gasteiger partial charge in [-0.1, -0.05) is 75.1 Å². The molecule has 5 atom stereocenters. The number of nitrogens with one attached hydrogen (secondary N) is 4. The minimum Gasteiger partial charge on any atom is -0.494 e. The van der Waals surface area contributed by atoms with Crippen LogP contribution in [0.15, 0.2) is 54.6 Å². The molecule has 0 aromatic heterocycles. The van der Waals surface area contributed by atoms with Crippen LogP contribution in [-0.4, -0.2) is 103 Å². The minimum atomic E-state index is -1.19. The first kappa shape index (κ1) is 45.3. The Morgan fingerprint density at radius 1 is 0.932 bits per heavy atom. The van der Waals surface area contributed by atoms with Crippen molar-refractivity contribution in [2.24, 2.45) is 5.92 Å². The Balaban J connectivity index is 1.27. The van der Waals surface area contributed by atoms with Gasteiger partial charge in [-0.05, 0) is 82.1 Å². The van der Waals surface area contributed by atoms with E-state index in [0.29, 0.717) is 31.8 Å². The van der Waals surface area contributed by atoms with E-state index in [1.807, 2.05) is 82.3 Å². The van der Waals surface area contributed by atoms with Gasteiger partial charge < -0.3 is 40.4 Å². The summed E-state index contributed by atoms with van der Waals surface area (Å²) in [5.41, 5.74) is 1.14. The van der Waals surface area contributed by atoms with Crippen molar-refractivity contribution in [1.82, 2.24) is 26.2 Å². The Hall–Kier alpha value is -4.82. The number of Topliss-reactive ketones (excluding diaryl/α,β-unsaturated/α-hetero) is 1. The second kappa shape index (κ2) is 22.0. The third kappa shape index (κ3) is 13.9. The summed E-state index contributed by atoms with van der Waals surface area (Å²) in [6.45, 7) is 8.30. The molecule has 2 aliphatic heterocycles. The van der Waals surface area contributed by atoms with Gasteiger partial charge in [0, 0.05) is 19.6 Å². The van der Waals surface area contributed by atoms with Gasteiger partial charge >= 0.3 is 0 Å². The maximum absolute atomic E-state index is 14.6. The molecule has 1 saturated heterocycles. The van der Waals surface area contributed by atoms with Crippen LogP contribution in [0.25, 0.3) is 0 Å². The van der Waals surface area contributed by atoms with E-state index >= 15 is 0 Å². The van der Waals surface area contributed by atoms with Crippen molar-refractivity contribution in [2.45, 2.75) is 134 Å². The number of hydrogen-bond acceptors (Lipinski definition) is 9. The summed E-state index contributed by atoms with van der Waals surface area (Å²) < 4.78 is 18.1. The van der Waals surface area contributed by atoms with Crippen molar-refractivity contribution in [1.29, 1.82) is 0 Å². The van der Waals surface area contributed by atoms with Crippen LogP contribution >= 0.6 is 0 Å². The Morgan fingerprint density at radius 2 is 1.68 bits per heavy atom. The van der Waals surface area contributed by atoms with Gasteiger partial charge in [0.2, 0.25) is 29.4 Å². The maximum atomic E-state index is 14.6. The molecule has 1 saturated carbocycles. The smallest absolute Gasteiger partial charge is 0.290 e. The highest BCUT2D eigenvalue weighted by atomic mass is 16.5. The highest BCUT2D eigenvalue weighted by Crippen LogP contribution is 2.31. The highest BCUT2D eigenvalue weighted by Gasteiger charge is 2.45. The number of amides is 5. The van der Waals surface area contributed by atoms with Gasteiger partial charge in [-0.3, -0.25) is 28.8 Å². The predicted molar refractivity (Wildman–Crippen MR) is 221 cm³/mol. The minimum absolute atomic E-state index is 0.0626. The Kier molecular flexibility index (Phi) is 16.9. The zero-order chi connectivity index (χ0) is 42.4. The number of nitrogens with zero attached hydrogens (tertiary/aromatic N) is 1. The summed E-state index contributed by atoms with van der Waals surface area (Å²) in [6.07, 6.45) is 6.29. The van der Waals surface area contributed by atoms with E-state index in [0.717, 1.165) is 49.7 Å². The Bertz CT molecular complexity index is 1740. The first-order chi connectivity index (χ1) is 28.3. The maximum Gasteiger partial charge on any atom is 0.290 e. The summed E-state index contributed by atoms with van der Waals surface area (Å²) in [7, 11) is 0. The van der Waals surface area contributed by atoms with Crippen LogP contribution in [0, 0.1) is 5.92 Å². The molecule has 2 fully saturated rings. The molecule has 2 unspecified atom stereocenters. The normalized spacial score (nSPS) is 21.9. The molecule has 14 heteroatoms. The van der Waals surface area contributed by atoms with Crippen LogP contribution in [0.3, 0.4) is 0 Å². The van der Waals surface area contributed by atoms with Crippen LogP contribution < -0.4 is 26.0 Å². The number of carbonyl (C=O) groups is 6. The third-order valence-electron chi connectivity index (χ3n) is 11.0. The molecule has 0 radical (unpaired) electrons. The van der Waals surface area contributed by atoms with Crippen LogP contribution in [0.5, 0.6) is 5.75 Å². The number of ether oxygens (including phenoxy) is 3. The number of fused-ring (bicyclic) bond motifs is 4. The molecule has 2 heterocycles. The molecular weight excluding hydrogens is 755 g/mol. The fraction of sp³-hybridized carbons (Fsp3) is 0.600. The number of hydrogen-bond donors (Lipinski definition) is 4. The van der Waals surface area contributed by atoms with Gasteiger partial charge in [0.15, 0.2) is 0 Å². The fourth-order valence-corrected chi connectivity index (χ4v) is 7.95. The van der Waals surface area contributed by atoms with E-state index in [1.165, 1.54) is 4.90 Å². The largest absolute Gasteiger partial charge is 0.494 e. The van der Waals surface area contributed by atoms with Crippen LogP contribution in [0.4, 0.5) is 0 Å². The lowest BCUT2D eigenvalue weighted by atomic mass is 9.83. The van der Waals surface area contributed by atoms with Gasteiger partial charge in [0.05, 0.1) is 50.0 Å². The lowest BCUT2D eigenvalue weighted by Gasteiger charge is -2.35. The molecule has 2 aromatic rings. The second-order valence-corrected chi connectivity index (χ2v) is 16.9. The van der Waals surface area contributed by atoms with E-state index in [9.17, 15) is 28.8 Å². The van der Waals surface area contributed by atoms with Gasteiger partial charge in [-0.2, -0.15) is 0 Å². The van der Waals surface area contributed by atoms with Crippen LogP contribution in [-0.2, 0) is 44.7 Å². The fourth-order valence-electron chi connectivity index (χ4n) is 7.95. The van der Waals surface area contributed by atoms with Crippen molar-refractivity contribution in [3.05, 3.63) is 65.7 Å². The molecule has 4 bridgehead atoms. The molecule has 322 valence electrons. The van der Waals surface area contributed by atoms with Crippen molar-refractivity contribution in [3.63, 3.8) is 0 Å². The van der Waals surface area contributed by atoms with E-state index in [-0.39, 0.29) is 50.1 Å². The molecular formula is C45H63N5O9. The van der Waals surface area contributed by atoms with E-state index in [2.05, 4.69) is 21.3 Å². The standard InChI is InChI=1S/C45H63N5O9/c1-5-15-35(41(53)43(55)46-27-39(52)47-36(29-59-45(2,3)4)31-17-8-6-9-18-31)48-42(54)37-26-34-28-50(37)44(56)40(32-19-10-7-11-20-32)49-38(51)25-30-16-14-21-33(24-30)57-22-12-13-23-58-34/h6,8-9,14,16-18,21,24,32,34-37,40H,5,7,10-13,15,19-20,22-23,25-29H2,1-4H3,(H,46,55)(H,47,52)(H,48,54)(H,49,51)/t34-,35?,36-,37?,40+/m1/s1. The molecule has 0 spiro atoms. The summed E-state index contributed by atoms with van der Waals surface area (Å²) in [4.78, 5) is 83.7. The average molecular weight is 818 g/mol. The zero-order valence-electron chi connectivity index (χ0n) is 35.1. The SMILES string of the molecule is CCCC(NC(=O)C1C[C@@H]2CN1C(=O)[C@H](C1CCCCC1)NC(=O)Cc1cccc(c1)OCCCCO2)C(=O)C(=O)NCC(=O)N[C@H](COC(C)(C)C)c1ccccc1. The first-order valence-electron chi connectivity index (χ1n) is 21.3. The van der Waals surface area contributed by atoms with Crippen molar-refractivity contribution in [2.75, 3.05) is 32.9 Å². The average Bonchev–Trinajstić information content (AvgIpc) is 3.65. The van der Waals surface area contributed by atoms with Gasteiger partial charge in [0.1, 0.15) is 17.8 Å². The third-order valence-corrected chi connectivity index (χ3v) is 11.0. The van der Waals surface area contributed by atoms with E-state index < -0.39 is 65.9 Å². The number of ketones is 1.